The first kappa shape index (κ1) is 16.7. The molecule has 0 amide bonds. The van der Waals surface area contributed by atoms with Crippen molar-refractivity contribution in [1.29, 1.82) is 0 Å². The van der Waals surface area contributed by atoms with Crippen molar-refractivity contribution in [3.63, 3.8) is 0 Å². The summed E-state index contributed by atoms with van der Waals surface area (Å²) in [5.74, 6) is 0. The van der Waals surface area contributed by atoms with Gasteiger partial charge in [0.2, 0.25) is 0 Å². The van der Waals surface area contributed by atoms with Crippen LogP contribution < -0.4 is 15.6 Å². The van der Waals surface area contributed by atoms with Gasteiger partial charge in [0, 0.05) is 13.7 Å². The Labute approximate surface area is 145 Å². The molecule has 2 heteroatoms. The van der Waals surface area contributed by atoms with Crippen LogP contribution in [0.25, 0.3) is 0 Å². The molecule has 0 radical (unpaired) electrons. The van der Waals surface area contributed by atoms with E-state index in [1.165, 1.54) is 15.6 Å². The molecule has 1 nitrogen and oxygen atoms in total. The molecule has 122 valence electrons. The third-order valence-corrected chi connectivity index (χ3v) is 9.76. The molecule has 3 aromatic rings. The van der Waals surface area contributed by atoms with Gasteiger partial charge in [0.1, 0.15) is 8.07 Å². The predicted octanol–water partition coefficient (Wildman–Crippen LogP) is 3.19. The summed E-state index contributed by atoms with van der Waals surface area (Å²) >= 11 is 0. The van der Waals surface area contributed by atoms with Gasteiger partial charge in [0.25, 0.3) is 0 Å². The summed E-state index contributed by atoms with van der Waals surface area (Å²) in [7, 11) is -0.253. The largest absolute Gasteiger partial charge is 0.385 e. The van der Waals surface area contributed by atoms with Crippen LogP contribution >= 0.6 is 0 Å². The fraction of sp³-hybridized carbons (Fsp3) is 0.182. The van der Waals surface area contributed by atoms with E-state index in [1.807, 2.05) is 0 Å². The second-order valence-electron chi connectivity index (χ2n) is 6.10. The summed E-state index contributed by atoms with van der Waals surface area (Å²) in [5.41, 5.74) is 0. The quantitative estimate of drug-likeness (QED) is 0.367. The average molecular weight is 333 g/mol. The van der Waals surface area contributed by atoms with Gasteiger partial charge in [-0.15, -0.1) is 0 Å². The molecule has 0 heterocycles. The molecule has 0 aliphatic rings. The maximum absolute atomic E-state index is 5.37. The fourth-order valence-electron chi connectivity index (χ4n) is 3.58. The van der Waals surface area contributed by atoms with Crippen LogP contribution in [0.4, 0.5) is 0 Å². The van der Waals surface area contributed by atoms with Crippen molar-refractivity contribution in [3.05, 3.63) is 91.0 Å². The molecular formula is C22H24OSi. The SMILES string of the molecule is COCCC[Si](c1ccccc1)(c1ccccc1)c1ccccc1. The third-order valence-electron chi connectivity index (χ3n) is 4.70. The molecule has 0 saturated heterocycles. The van der Waals surface area contributed by atoms with Gasteiger partial charge in [-0.25, -0.2) is 0 Å². The molecule has 3 aromatic carbocycles. The number of benzene rings is 3. The average Bonchev–Trinajstić information content (AvgIpc) is 2.68. The maximum Gasteiger partial charge on any atom is 0.148 e. The van der Waals surface area contributed by atoms with Crippen LogP contribution in [0.15, 0.2) is 91.0 Å². The van der Waals surface area contributed by atoms with Crippen molar-refractivity contribution in [2.45, 2.75) is 12.5 Å². The van der Waals surface area contributed by atoms with E-state index in [0.29, 0.717) is 0 Å². The van der Waals surface area contributed by atoms with E-state index >= 15 is 0 Å². The Morgan fingerprint density at radius 3 is 1.33 bits per heavy atom. The Hall–Kier alpha value is -2.16. The zero-order valence-electron chi connectivity index (χ0n) is 14.2. The maximum atomic E-state index is 5.37. The highest BCUT2D eigenvalue weighted by molar-refractivity contribution is 7.11. The van der Waals surface area contributed by atoms with E-state index in [9.17, 15) is 0 Å². The molecule has 0 N–H and O–H groups in total. The lowest BCUT2D eigenvalue weighted by Gasteiger charge is -2.34. The highest BCUT2D eigenvalue weighted by Gasteiger charge is 2.38. The van der Waals surface area contributed by atoms with Crippen LogP contribution in [0.2, 0.25) is 6.04 Å². The van der Waals surface area contributed by atoms with E-state index in [2.05, 4.69) is 91.0 Å². The lowest BCUT2D eigenvalue weighted by molar-refractivity contribution is 0.199. The molecule has 0 fully saturated rings. The van der Waals surface area contributed by atoms with Gasteiger partial charge in [-0.05, 0) is 28.0 Å². The lowest BCUT2D eigenvalue weighted by atomic mass is 10.3. The molecule has 0 atom stereocenters. The third kappa shape index (κ3) is 3.35. The molecule has 3 rings (SSSR count). The van der Waals surface area contributed by atoms with E-state index in [1.54, 1.807) is 7.11 Å². The van der Waals surface area contributed by atoms with Crippen LogP contribution in [0, 0.1) is 0 Å². The van der Waals surface area contributed by atoms with Crippen LogP contribution in [-0.2, 0) is 4.74 Å². The van der Waals surface area contributed by atoms with Gasteiger partial charge in [-0.1, -0.05) is 91.0 Å². The van der Waals surface area contributed by atoms with E-state index in [4.69, 9.17) is 4.74 Å². The fourth-order valence-corrected chi connectivity index (χ4v) is 8.41. The number of hydrogen-bond acceptors (Lipinski definition) is 1. The van der Waals surface area contributed by atoms with E-state index in [0.717, 1.165) is 19.1 Å². The minimum absolute atomic E-state index is 0.807. The summed E-state index contributed by atoms with van der Waals surface area (Å²) in [6.45, 7) is 0.807. The molecule has 0 aliphatic heterocycles. The van der Waals surface area contributed by atoms with E-state index in [-0.39, 0.29) is 0 Å². The summed E-state index contributed by atoms with van der Waals surface area (Å²) in [6, 6.07) is 34.3. The highest BCUT2D eigenvalue weighted by Crippen LogP contribution is 2.15. The number of rotatable bonds is 7. The van der Waals surface area contributed by atoms with Crippen LogP contribution in [0.5, 0.6) is 0 Å². The number of methoxy groups -OCH3 is 1. The minimum atomic E-state index is -2.04. The monoisotopic (exact) mass is 332 g/mol. The van der Waals surface area contributed by atoms with Crippen LogP contribution in [-0.4, -0.2) is 21.8 Å². The van der Waals surface area contributed by atoms with Gasteiger partial charge in [-0.3, -0.25) is 0 Å². The van der Waals surface area contributed by atoms with Crippen LogP contribution in [0.3, 0.4) is 0 Å². The Morgan fingerprint density at radius 2 is 1.00 bits per heavy atom. The minimum Gasteiger partial charge on any atom is -0.385 e. The standard InChI is InChI=1S/C22H24OSi/c1-23-18-11-19-24(20-12-5-2-6-13-20,21-14-7-3-8-15-21)22-16-9-4-10-17-22/h2-10,12-17H,11,18-19H2,1H3. The van der Waals surface area contributed by atoms with Crippen molar-refractivity contribution in [2.75, 3.05) is 13.7 Å². The van der Waals surface area contributed by atoms with Crippen molar-refractivity contribution in [1.82, 2.24) is 0 Å². The highest BCUT2D eigenvalue weighted by atomic mass is 28.3. The molecular weight excluding hydrogens is 308 g/mol. The first-order valence-electron chi connectivity index (χ1n) is 8.53. The second-order valence-corrected chi connectivity index (χ2v) is 10.1. The lowest BCUT2D eigenvalue weighted by Crippen LogP contribution is -2.67. The number of hydrogen-bond donors (Lipinski definition) is 0. The summed E-state index contributed by atoms with van der Waals surface area (Å²) in [5, 5.41) is 4.41. The van der Waals surface area contributed by atoms with Gasteiger partial charge in [0.15, 0.2) is 0 Å². The molecule has 0 aliphatic carbocycles. The first-order chi connectivity index (χ1) is 11.9. The topological polar surface area (TPSA) is 9.23 Å². The van der Waals surface area contributed by atoms with Gasteiger partial charge in [0.05, 0.1) is 0 Å². The number of ether oxygens (including phenoxy) is 1. The van der Waals surface area contributed by atoms with Crippen LogP contribution in [0.1, 0.15) is 6.42 Å². The predicted molar refractivity (Wildman–Crippen MR) is 105 cm³/mol. The van der Waals surface area contributed by atoms with E-state index < -0.39 is 8.07 Å². The Bertz CT molecular complexity index is 629. The van der Waals surface area contributed by atoms with Crippen molar-refractivity contribution < 1.29 is 4.74 Å². The Morgan fingerprint density at radius 1 is 0.625 bits per heavy atom. The summed E-state index contributed by atoms with van der Waals surface area (Å²) in [4.78, 5) is 0. The molecule has 0 unspecified atom stereocenters. The van der Waals surface area contributed by atoms with Crippen molar-refractivity contribution in [2.24, 2.45) is 0 Å². The van der Waals surface area contributed by atoms with Gasteiger partial charge in [-0.2, -0.15) is 0 Å². The Kier molecular flexibility index (Phi) is 5.62. The molecule has 24 heavy (non-hydrogen) atoms. The van der Waals surface area contributed by atoms with Gasteiger partial charge >= 0.3 is 0 Å². The molecule has 0 aromatic heterocycles. The zero-order chi connectivity index (χ0) is 16.7. The normalized spacial score (nSPS) is 11.4. The molecule has 0 spiro atoms. The smallest absolute Gasteiger partial charge is 0.148 e. The molecule has 0 saturated carbocycles. The second kappa shape index (κ2) is 8.09. The Balaban J connectivity index is 2.20. The summed E-state index contributed by atoms with van der Waals surface area (Å²) < 4.78 is 5.37. The first-order valence-corrected chi connectivity index (χ1v) is 10.7. The molecule has 0 bridgehead atoms. The zero-order valence-corrected chi connectivity index (χ0v) is 15.2. The van der Waals surface area contributed by atoms with Crippen molar-refractivity contribution in [3.8, 4) is 0 Å². The van der Waals surface area contributed by atoms with Gasteiger partial charge < -0.3 is 4.74 Å². The van der Waals surface area contributed by atoms with Crippen molar-refractivity contribution >= 4 is 23.6 Å². The summed E-state index contributed by atoms with van der Waals surface area (Å²) in [6.07, 6.45) is 1.07.